The van der Waals surface area contributed by atoms with Crippen molar-refractivity contribution in [3.05, 3.63) is 0 Å². The summed E-state index contributed by atoms with van der Waals surface area (Å²) < 4.78 is 0. The third kappa shape index (κ3) is 0.722. The van der Waals surface area contributed by atoms with Crippen LogP contribution in [0.2, 0.25) is 0 Å². The van der Waals surface area contributed by atoms with Gasteiger partial charge in [-0.3, -0.25) is 4.79 Å². The summed E-state index contributed by atoms with van der Waals surface area (Å²) in [6.45, 7) is 1.59. The molecule has 0 aromatic heterocycles. The first-order valence-electron chi connectivity index (χ1n) is 4.00. The number of Topliss-reactive ketones (excluding diaryl/α,β-unsaturated/α-hetero) is 1. The first kappa shape index (κ1) is 7.58. The molecule has 1 amide bonds. The van der Waals surface area contributed by atoms with Crippen molar-refractivity contribution in [2.75, 3.05) is 0 Å². The van der Waals surface area contributed by atoms with Crippen molar-refractivity contribution < 1.29 is 14.7 Å². The van der Waals surface area contributed by atoms with Crippen LogP contribution in [0.15, 0.2) is 0 Å². The van der Waals surface area contributed by atoms with Gasteiger partial charge < -0.3 is 10.4 Å². The van der Waals surface area contributed by atoms with Gasteiger partial charge >= 0.3 is 6.09 Å². The summed E-state index contributed by atoms with van der Waals surface area (Å²) in [7, 11) is 0. The molecule has 3 fully saturated rings. The van der Waals surface area contributed by atoms with Gasteiger partial charge in [0.05, 0.1) is 0 Å². The fourth-order valence-electron chi connectivity index (χ4n) is 2.52. The van der Waals surface area contributed by atoms with E-state index in [0.717, 1.165) is 0 Å². The lowest BCUT2D eigenvalue weighted by atomic mass is 9.38. The molecule has 3 aliphatic carbocycles. The molecule has 4 nitrogen and oxygen atoms in total. The Bertz CT molecular complexity index is 252. The molecule has 0 unspecified atom stereocenters. The Hall–Kier alpha value is -1.06. The predicted octanol–water partition coefficient (Wildman–Crippen LogP) is 0.766. The highest BCUT2D eigenvalue weighted by Gasteiger charge is 2.70. The second-order valence-corrected chi connectivity index (χ2v) is 4.08. The molecule has 0 heterocycles. The molecule has 0 aromatic rings. The van der Waals surface area contributed by atoms with Crippen LogP contribution in [0.5, 0.6) is 0 Å². The molecule has 66 valence electrons. The maximum absolute atomic E-state index is 11.0. The van der Waals surface area contributed by atoms with Gasteiger partial charge in [0.1, 0.15) is 5.78 Å². The Morgan fingerprint density at radius 2 is 1.83 bits per heavy atom. The average Bonchev–Trinajstić information content (AvgIpc) is 1.72. The lowest BCUT2D eigenvalue weighted by molar-refractivity contribution is -0.173. The monoisotopic (exact) mass is 169 g/mol. The van der Waals surface area contributed by atoms with Crippen molar-refractivity contribution in [3.8, 4) is 0 Å². The second-order valence-electron chi connectivity index (χ2n) is 4.08. The van der Waals surface area contributed by atoms with E-state index >= 15 is 0 Å². The molecule has 3 aliphatic rings. The highest BCUT2D eigenvalue weighted by Crippen LogP contribution is 2.67. The second kappa shape index (κ2) is 1.81. The SMILES string of the molecule is CC(=O)C12CC(NC(=O)O)(C1)C2. The normalized spacial score (nSPS) is 42.4. The standard InChI is InChI=1S/C8H11NO3/c1-5(10)7-2-8(3-7,4-7)9-6(11)12/h9H,2-4H2,1H3,(H,11,12). The van der Waals surface area contributed by atoms with E-state index in [4.69, 9.17) is 5.11 Å². The Balaban J connectivity index is 1.95. The van der Waals surface area contributed by atoms with Crippen LogP contribution in [0.4, 0.5) is 4.79 Å². The van der Waals surface area contributed by atoms with Crippen LogP contribution in [0.1, 0.15) is 26.2 Å². The van der Waals surface area contributed by atoms with Crippen LogP contribution in [-0.2, 0) is 4.79 Å². The molecule has 12 heavy (non-hydrogen) atoms. The maximum atomic E-state index is 11.0. The van der Waals surface area contributed by atoms with Crippen LogP contribution in [0, 0.1) is 5.41 Å². The Labute approximate surface area is 69.9 Å². The van der Waals surface area contributed by atoms with Gasteiger partial charge in [-0.2, -0.15) is 0 Å². The van der Waals surface area contributed by atoms with Crippen molar-refractivity contribution in [1.29, 1.82) is 0 Å². The summed E-state index contributed by atoms with van der Waals surface area (Å²) in [6, 6.07) is 0. The van der Waals surface area contributed by atoms with Crippen LogP contribution in [-0.4, -0.2) is 22.5 Å². The molecular formula is C8H11NO3. The first-order chi connectivity index (χ1) is 5.48. The van der Waals surface area contributed by atoms with Gasteiger partial charge in [-0.1, -0.05) is 0 Å². The fraction of sp³-hybridized carbons (Fsp3) is 0.750. The maximum Gasteiger partial charge on any atom is 0.405 e. The average molecular weight is 169 g/mol. The van der Waals surface area contributed by atoms with E-state index in [2.05, 4.69) is 5.32 Å². The number of hydrogen-bond donors (Lipinski definition) is 2. The lowest BCUT2D eigenvalue weighted by Gasteiger charge is -2.68. The smallest absolute Gasteiger partial charge is 0.405 e. The Kier molecular flexibility index (Phi) is 1.14. The van der Waals surface area contributed by atoms with E-state index in [1.807, 2.05) is 0 Å². The van der Waals surface area contributed by atoms with E-state index in [9.17, 15) is 9.59 Å². The Morgan fingerprint density at radius 1 is 1.33 bits per heavy atom. The Morgan fingerprint density at radius 3 is 2.17 bits per heavy atom. The number of carbonyl (C=O) groups is 2. The van der Waals surface area contributed by atoms with Gasteiger partial charge in [-0.25, -0.2) is 4.79 Å². The van der Waals surface area contributed by atoms with E-state index in [1.165, 1.54) is 0 Å². The molecule has 2 N–H and O–H groups in total. The highest BCUT2D eigenvalue weighted by atomic mass is 16.4. The van der Waals surface area contributed by atoms with E-state index in [0.29, 0.717) is 19.3 Å². The topological polar surface area (TPSA) is 66.4 Å². The van der Waals surface area contributed by atoms with Crippen LogP contribution in [0.25, 0.3) is 0 Å². The van der Waals surface area contributed by atoms with Crippen LogP contribution >= 0.6 is 0 Å². The minimum atomic E-state index is -0.980. The van der Waals surface area contributed by atoms with Gasteiger partial charge in [0, 0.05) is 11.0 Å². The predicted molar refractivity (Wildman–Crippen MR) is 40.9 cm³/mol. The number of rotatable bonds is 2. The van der Waals surface area contributed by atoms with E-state index in [-0.39, 0.29) is 16.7 Å². The minimum absolute atomic E-state index is 0.150. The molecule has 0 aromatic carbocycles. The minimum Gasteiger partial charge on any atom is -0.465 e. The zero-order valence-corrected chi connectivity index (χ0v) is 6.89. The molecule has 0 aliphatic heterocycles. The van der Waals surface area contributed by atoms with Crippen molar-refractivity contribution >= 4 is 11.9 Å². The quantitative estimate of drug-likeness (QED) is 0.641. The molecule has 0 radical (unpaired) electrons. The summed E-state index contributed by atoms with van der Waals surface area (Å²) in [4.78, 5) is 21.3. The molecule has 0 atom stereocenters. The zero-order chi connectivity index (χ0) is 8.98. The fourth-order valence-corrected chi connectivity index (χ4v) is 2.52. The lowest BCUT2D eigenvalue weighted by Crippen LogP contribution is -2.76. The molecule has 0 saturated heterocycles. The summed E-state index contributed by atoms with van der Waals surface area (Å²) in [5.74, 6) is 0.205. The zero-order valence-electron chi connectivity index (χ0n) is 6.89. The van der Waals surface area contributed by atoms with Crippen LogP contribution < -0.4 is 5.32 Å². The third-order valence-corrected chi connectivity index (χ3v) is 3.15. The number of carbonyl (C=O) groups excluding carboxylic acids is 1. The van der Waals surface area contributed by atoms with E-state index < -0.39 is 6.09 Å². The van der Waals surface area contributed by atoms with Gasteiger partial charge in [0.2, 0.25) is 0 Å². The molecule has 0 spiro atoms. The van der Waals surface area contributed by atoms with Gasteiger partial charge in [-0.15, -0.1) is 0 Å². The summed E-state index contributed by atoms with van der Waals surface area (Å²) in [6.07, 6.45) is 1.15. The number of amides is 1. The van der Waals surface area contributed by atoms with Gasteiger partial charge in [0.15, 0.2) is 0 Å². The summed E-state index contributed by atoms with van der Waals surface area (Å²) in [5.41, 5.74) is -0.389. The van der Waals surface area contributed by atoms with Crippen molar-refractivity contribution in [1.82, 2.24) is 5.32 Å². The summed E-state index contributed by atoms with van der Waals surface area (Å²) in [5, 5.41) is 10.9. The summed E-state index contributed by atoms with van der Waals surface area (Å²) >= 11 is 0. The third-order valence-electron chi connectivity index (χ3n) is 3.15. The van der Waals surface area contributed by atoms with Crippen molar-refractivity contribution in [2.24, 2.45) is 5.41 Å². The molecular weight excluding hydrogens is 158 g/mol. The first-order valence-corrected chi connectivity index (χ1v) is 4.00. The number of carboxylic acid groups (broad SMARTS) is 1. The molecule has 4 heteroatoms. The van der Waals surface area contributed by atoms with Gasteiger partial charge in [-0.05, 0) is 26.2 Å². The number of hydrogen-bond acceptors (Lipinski definition) is 2. The van der Waals surface area contributed by atoms with Crippen LogP contribution in [0.3, 0.4) is 0 Å². The van der Waals surface area contributed by atoms with Gasteiger partial charge in [0.25, 0.3) is 0 Å². The number of ketones is 1. The van der Waals surface area contributed by atoms with Crippen molar-refractivity contribution in [3.63, 3.8) is 0 Å². The molecule has 3 rings (SSSR count). The van der Waals surface area contributed by atoms with Crippen molar-refractivity contribution in [2.45, 2.75) is 31.7 Å². The molecule has 3 saturated carbocycles. The highest BCUT2D eigenvalue weighted by molar-refractivity contribution is 5.87. The molecule has 2 bridgehead atoms. The number of nitrogens with one attached hydrogen (secondary N) is 1. The van der Waals surface area contributed by atoms with E-state index in [1.54, 1.807) is 6.92 Å². The largest absolute Gasteiger partial charge is 0.465 e.